The van der Waals surface area contributed by atoms with Crippen LogP contribution < -0.4 is 5.32 Å². The van der Waals surface area contributed by atoms with Gasteiger partial charge in [0.05, 0.1) is 18.1 Å². The summed E-state index contributed by atoms with van der Waals surface area (Å²) in [4.78, 5) is 22.1. The van der Waals surface area contributed by atoms with Crippen molar-refractivity contribution in [1.29, 1.82) is 0 Å². The molecule has 0 atom stereocenters. The number of nitrogens with one attached hydrogen (secondary N) is 1. The van der Waals surface area contributed by atoms with Crippen molar-refractivity contribution in [2.24, 2.45) is 0 Å². The molecule has 0 saturated heterocycles. The average molecular weight is 299 g/mol. The minimum Gasteiger partial charge on any atom is -0.379 e. The van der Waals surface area contributed by atoms with Crippen molar-refractivity contribution in [3.8, 4) is 0 Å². The Bertz CT molecular complexity index is 505. The van der Waals surface area contributed by atoms with Gasteiger partial charge in [-0.2, -0.15) is 0 Å². The number of carbonyl (C=O) groups excluding carboxylic acids is 1. The van der Waals surface area contributed by atoms with Crippen molar-refractivity contribution < 1.29 is 14.5 Å². The normalized spacial score (nSPS) is 10.1. The number of rotatable bonds is 8. The first-order valence-electron chi connectivity index (χ1n) is 5.97. The van der Waals surface area contributed by atoms with Gasteiger partial charge in [0, 0.05) is 17.6 Å². The molecule has 1 amide bonds. The van der Waals surface area contributed by atoms with E-state index in [-0.39, 0.29) is 22.8 Å². The molecule has 0 unspecified atom stereocenters. The van der Waals surface area contributed by atoms with Gasteiger partial charge in [-0.25, -0.2) is 0 Å². The van der Waals surface area contributed by atoms with Gasteiger partial charge >= 0.3 is 0 Å². The molecular formula is C13H15ClN2O4. The molecule has 0 heterocycles. The van der Waals surface area contributed by atoms with E-state index in [1.54, 1.807) is 6.08 Å². The zero-order valence-corrected chi connectivity index (χ0v) is 11.6. The van der Waals surface area contributed by atoms with Crippen LogP contribution in [0.3, 0.4) is 0 Å². The molecule has 0 fully saturated rings. The fraction of sp³-hybridized carbons (Fsp3) is 0.308. The fourth-order valence-corrected chi connectivity index (χ4v) is 1.62. The van der Waals surface area contributed by atoms with Crippen LogP contribution in [0.25, 0.3) is 0 Å². The van der Waals surface area contributed by atoms with Gasteiger partial charge in [0.1, 0.15) is 5.56 Å². The predicted molar refractivity (Wildman–Crippen MR) is 76.1 cm³/mol. The second-order valence-electron chi connectivity index (χ2n) is 3.86. The standard InChI is InChI=1S/C13H15ClN2O4/c1-2-3-7-20-8-6-15-13(17)11-9-10(14)4-5-12(11)16(18)19/h2,4-5,9H,1,3,6-8H2,(H,15,17). The number of benzene rings is 1. The number of amides is 1. The molecule has 0 saturated carbocycles. The molecule has 0 spiro atoms. The van der Waals surface area contributed by atoms with Crippen molar-refractivity contribution >= 4 is 23.2 Å². The van der Waals surface area contributed by atoms with Crippen LogP contribution >= 0.6 is 11.6 Å². The lowest BCUT2D eigenvalue weighted by Crippen LogP contribution is -2.28. The summed E-state index contributed by atoms with van der Waals surface area (Å²) in [6, 6.07) is 3.85. The first-order valence-corrected chi connectivity index (χ1v) is 6.35. The van der Waals surface area contributed by atoms with E-state index in [9.17, 15) is 14.9 Å². The van der Waals surface area contributed by atoms with Crippen LogP contribution in [0.4, 0.5) is 5.69 Å². The molecule has 1 rings (SSSR count). The van der Waals surface area contributed by atoms with Gasteiger partial charge in [-0.15, -0.1) is 6.58 Å². The zero-order chi connectivity index (χ0) is 15.0. The van der Waals surface area contributed by atoms with E-state index in [1.807, 2.05) is 0 Å². The third-order valence-corrected chi connectivity index (χ3v) is 2.63. The monoisotopic (exact) mass is 298 g/mol. The summed E-state index contributed by atoms with van der Waals surface area (Å²) in [6.07, 6.45) is 2.46. The van der Waals surface area contributed by atoms with Crippen molar-refractivity contribution in [2.75, 3.05) is 19.8 Å². The largest absolute Gasteiger partial charge is 0.379 e. The van der Waals surface area contributed by atoms with Crippen LogP contribution in [-0.2, 0) is 4.74 Å². The van der Waals surface area contributed by atoms with E-state index in [2.05, 4.69) is 11.9 Å². The van der Waals surface area contributed by atoms with Crippen LogP contribution in [0.2, 0.25) is 5.02 Å². The minimum absolute atomic E-state index is 0.0615. The van der Waals surface area contributed by atoms with E-state index < -0.39 is 10.8 Å². The SMILES string of the molecule is C=CCCOCCNC(=O)c1cc(Cl)ccc1[N+](=O)[O-]. The van der Waals surface area contributed by atoms with Gasteiger partial charge in [-0.1, -0.05) is 17.7 Å². The number of nitrogens with zero attached hydrogens (tertiary/aromatic N) is 1. The highest BCUT2D eigenvalue weighted by molar-refractivity contribution is 6.31. The summed E-state index contributed by atoms with van der Waals surface area (Å²) in [5.74, 6) is -0.550. The lowest BCUT2D eigenvalue weighted by molar-refractivity contribution is -0.385. The van der Waals surface area contributed by atoms with E-state index >= 15 is 0 Å². The molecule has 1 N–H and O–H groups in total. The smallest absolute Gasteiger partial charge is 0.282 e. The molecule has 0 aliphatic carbocycles. The molecule has 20 heavy (non-hydrogen) atoms. The van der Waals surface area contributed by atoms with Gasteiger partial charge in [0.15, 0.2) is 0 Å². The van der Waals surface area contributed by atoms with E-state index in [0.717, 1.165) is 6.42 Å². The number of halogens is 1. The first kappa shape index (κ1) is 16.1. The number of hydrogen-bond acceptors (Lipinski definition) is 4. The van der Waals surface area contributed by atoms with Gasteiger partial charge < -0.3 is 10.1 Å². The Kier molecular flexibility index (Phi) is 6.69. The average Bonchev–Trinajstić information content (AvgIpc) is 2.42. The Balaban J connectivity index is 2.56. The molecule has 7 heteroatoms. The summed E-state index contributed by atoms with van der Waals surface area (Å²) in [7, 11) is 0. The van der Waals surface area contributed by atoms with Gasteiger partial charge in [0.2, 0.25) is 0 Å². The van der Waals surface area contributed by atoms with Crippen molar-refractivity contribution in [1.82, 2.24) is 5.32 Å². The summed E-state index contributed by atoms with van der Waals surface area (Å²) in [5.41, 5.74) is -0.340. The molecule has 0 radical (unpaired) electrons. The summed E-state index contributed by atoms with van der Waals surface area (Å²) in [5, 5.41) is 13.6. The van der Waals surface area contributed by atoms with Crippen molar-refractivity contribution in [3.63, 3.8) is 0 Å². The highest BCUT2D eigenvalue weighted by atomic mass is 35.5. The summed E-state index contributed by atoms with van der Waals surface area (Å²) < 4.78 is 5.22. The van der Waals surface area contributed by atoms with Crippen LogP contribution in [0.15, 0.2) is 30.9 Å². The molecule has 108 valence electrons. The Labute approximate surface area is 121 Å². The number of carbonyl (C=O) groups is 1. The highest BCUT2D eigenvalue weighted by Crippen LogP contribution is 2.22. The number of nitro groups is 1. The fourth-order valence-electron chi connectivity index (χ4n) is 1.45. The second-order valence-corrected chi connectivity index (χ2v) is 4.30. The number of ether oxygens (including phenoxy) is 1. The van der Waals surface area contributed by atoms with E-state index in [0.29, 0.717) is 13.2 Å². The quantitative estimate of drug-likeness (QED) is 0.346. The van der Waals surface area contributed by atoms with Gasteiger partial charge in [0.25, 0.3) is 11.6 Å². The van der Waals surface area contributed by atoms with Crippen LogP contribution in [0.5, 0.6) is 0 Å². The van der Waals surface area contributed by atoms with E-state index in [4.69, 9.17) is 16.3 Å². The molecule has 0 aliphatic rings. The summed E-state index contributed by atoms with van der Waals surface area (Å²) >= 11 is 5.75. The summed E-state index contributed by atoms with van der Waals surface area (Å²) in [6.45, 7) is 4.67. The number of nitro benzene ring substituents is 1. The maximum Gasteiger partial charge on any atom is 0.282 e. The lowest BCUT2D eigenvalue weighted by Gasteiger charge is -2.06. The Hall–Kier alpha value is -1.92. The minimum atomic E-state index is -0.619. The van der Waals surface area contributed by atoms with Gasteiger partial charge in [-0.05, 0) is 18.6 Å². The Morgan fingerprint density at radius 1 is 1.50 bits per heavy atom. The maximum atomic E-state index is 11.9. The van der Waals surface area contributed by atoms with Crippen LogP contribution in [0.1, 0.15) is 16.8 Å². The third kappa shape index (κ3) is 4.99. The zero-order valence-electron chi connectivity index (χ0n) is 10.8. The molecule has 6 nitrogen and oxygen atoms in total. The lowest BCUT2D eigenvalue weighted by atomic mass is 10.1. The topological polar surface area (TPSA) is 81.5 Å². The highest BCUT2D eigenvalue weighted by Gasteiger charge is 2.19. The Morgan fingerprint density at radius 2 is 2.25 bits per heavy atom. The third-order valence-electron chi connectivity index (χ3n) is 2.40. The van der Waals surface area contributed by atoms with Crippen molar-refractivity contribution in [2.45, 2.75) is 6.42 Å². The molecule has 0 bridgehead atoms. The maximum absolute atomic E-state index is 11.9. The van der Waals surface area contributed by atoms with Crippen molar-refractivity contribution in [3.05, 3.63) is 51.6 Å². The van der Waals surface area contributed by atoms with Crippen LogP contribution in [-0.4, -0.2) is 30.6 Å². The molecule has 0 aliphatic heterocycles. The Morgan fingerprint density at radius 3 is 2.90 bits per heavy atom. The second kappa shape index (κ2) is 8.29. The van der Waals surface area contributed by atoms with E-state index in [1.165, 1.54) is 18.2 Å². The molecule has 0 aromatic heterocycles. The van der Waals surface area contributed by atoms with Gasteiger partial charge in [-0.3, -0.25) is 14.9 Å². The molecule has 1 aromatic rings. The molecular weight excluding hydrogens is 284 g/mol. The first-order chi connectivity index (χ1) is 9.56. The predicted octanol–water partition coefficient (Wildman–Crippen LogP) is 2.57. The molecule has 1 aromatic carbocycles. The number of hydrogen-bond donors (Lipinski definition) is 1. The van der Waals surface area contributed by atoms with Crippen LogP contribution in [0, 0.1) is 10.1 Å².